The second kappa shape index (κ2) is 6.00. The molecule has 3 heteroatoms. The van der Waals surface area contributed by atoms with Crippen LogP contribution in [0.15, 0.2) is 36.4 Å². The van der Waals surface area contributed by atoms with Gasteiger partial charge in [-0.1, -0.05) is 29.8 Å². The molecule has 3 nitrogen and oxygen atoms in total. The second-order valence-corrected chi connectivity index (χ2v) is 5.61. The zero-order chi connectivity index (χ0) is 15.6. The van der Waals surface area contributed by atoms with Gasteiger partial charge in [-0.3, -0.25) is 4.79 Å². The Morgan fingerprint density at radius 3 is 2.52 bits per heavy atom. The molecule has 2 rings (SSSR count). The third-order valence-electron chi connectivity index (χ3n) is 3.86. The Balaban J connectivity index is 2.21. The van der Waals surface area contributed by atoms with Crippen LogP contribution in [0.3, 0.4) is 0 Å². The van der Waals surface area contributed by atoms with E-state index in [2.05, 4.69) is 32.0 Å². The maximum Gasteiger partial charge on any atom is 0.254 e. The minimum Gasteiger partial charge on any atom is -0.398 e. The number of nitrogen functional groups attached to an aromatic ring is 1. The highest BCUT2D eigenvalue weighted by Crippen LogP contribution is 2.19. The van der Waals surface area contributed by atoms with Gasteiger partial charge in [0.1, 0.15) is 0 Å². The van der Waals surface area contributed by atoms with E-state index in [4.69, 9.17) is 5.73 Å². The van der Waals surface area contributed by atoms with Crippen molar-refractivity contribution in [3.8, 4) is 0 Å². The molecule has 0 aliphatic heterocycles. The fourth-order valence-electron chi connectivity index (χ4n) is 2.44. The number of nitrogens with two attached hydrogens (primary N) is 1. The lowest BCUT2D eigenvalue weighted by atomic mass is 10.0. The van der Waals surface area contributed by atoms with Gasteiger partial charge in [0, 0.05) is 24.8 Å². The molecule has 0 aliphatic rings. The minimum absolute atomic E-state index is 0.000208. The van der Waals surface area contributed by atoms with E-state index in [1.807, 2.05) is 32.2 Å². The number of carbonyl (C=O) groups excluding carboxylic acids is 1. The lowest BCUT2D eigenvalue weighted by Crippen LogP contribution is -2.27. The number of hydrogen-bond donors (Lipinski definition) is 1. The topological polar surface area (TPSA) is 46.3 Å². The summed E-state index contributed by atoms with van der Waals surface area (Å²) in [4.78, 5) is 14.3. The van der Waals surface area contributed by atoms with E-state index in [0.29, 0.717) is 17.8 Å². The normalized spacial score (nSPS) is 10.5. The summed E-state index contributed by atoms with van der Waals surface area (Å²) in [5.74, 6) is -0.000208. The van der Waals surface area contributed by atoms with Crippen LogP contribution in [0.1, 0.15) is 32.6 Å². The molecular formula is C18H22N2O. The van der Waals surface area contributed by atoms with Crippen molar-refractivity contribution >= 4 is 11.6 Å². The zero-order valence-corrected chi connectivity index (χ0v) is 13.1. The maximum atomic E-state index is 12.6. The highest BCUT2D eigenvalue weighted by atomic mass is 16.2. The Hall–Kier alpha value is -2.29. The van der Waals surface area contributed by atoms with Gasteiger partial charge in [-0.05, 0) is 49.6 Å². The Morgan fingerprint density at radius 2 is 1.86 bits per heavy atom. The van der Waals surface area contributed by atoms with Crippen molar-refractivity contribution in [2.75, 3.05) is 12.8 Å². The molecule has 0 atom stereocenters. The molecule has 110 valence electrons. The van der Waals surface area contributed by atoms with E-state index in [1.54, 1.807) is 4.90 Å². The summed E-state index contributed by atoms with van der Waals surface area (Å²) >= 11 is 0. The number of amides is 1. The summed E-state index contributed by atoms with van der Waals surface area (Å²) in [6.45, 7) is 6.63. The van der Waals surface area contributed by atoms with Crippen LogP contribution in [0.5, 0.6) is 0 Å². The molecular weight excluding hydrogens is 260 g/mol. The standard InChI is InChI=1S/C18H22N2O/c1-12-8-9-15(13(2)10-12)11-20(4)18(21)16-6-5-7-17(19)14(16)3/h5-10H,11,19H2,1-4H3. The predicted octanol–water partition coefficient (Wildman–Crippen LogP) is 3.47. The molecule has 21 heavy (non-hydrogen) atoms. The van der Waals surface area contributed by atoms with Crippen molar-refractivity contribution in [2.45, 2.75) is 27.3 Å². The molecule has 0 heterocycles. The lowest BCUT2D eigenvalue weighted by Gasteiger charge is -2.20. The Kier molecular flexibility index (Phi) is 4.32. The highest BCUT2D eigenvalue weighted by molar-refractivity contribution is 5.96. The van der Waals surface area contributed by atoms with E-state index in [0.717, 1.165) is 11.1 Å². The van der Waals surface area contributed by atoms with Gasteiger partial charge in [-0.2, -0.15) is 0 Å². The first-order valence-corrected chi connectivity index (χ1v) is 7.07. The molecule has 0 fully saturated rings. The van der Waals surface area contributed by atoms with Crippen molar-refractivity contribution in [2.24, 2.45) is 0 Å². The number of nitrogens with zero attached hydrogens (tertiary/aromatic N) is 1. The second-order valence-electron chi connectivity index (χ2n) is 5.61. The molecule has 0 aliphatic carbocycles. The van der Waals surface area contributed by atoms with Gasteiger partial charge in [-0.15, -0.1) is 0 Å². The lowest BCUT2D eigenvalue weighted by molar-refractivity contribution is 0.0784. The van der Waals surface area contributed by atoms with Crippen LogP contribution in [0.25, 0.3) is 0 Å². The van der Waals surface area contributed by atoms with Gasteiger partial charge in [0.2, 0.25) is 0 Å². The van der Waals surface area contributed by atoms with Gasteiger partial charge in [-0.25, -0.2) is 0 Å². The molecule has 0 radical (unpaired) electrons. The molecule has 0 saturated heterocycles. The summed E-state index contributed by atoms with van der Waals surface area (Å²) in [7, 11) is 1.82. The van der Waals surface area contributed by atoms with E-state index >= 15 is 0 Å². The largest absolute Gasteiger partial charge is 0.398 e. The van der Waals surface area contributed by atoms with Crippen LogP contribution in [0.4, 0.5) is 5.69 Å². The third-order valence-corrected chi connectivity index (χ3v) is 3.86. The average molecular weight is 282 g/mol. The number of hydrogen-bond acceptors (Lipinski definition) is 2. The zero-order valence-electron chi connectivity index (χ0n) is 13.1. The van der Waals surface area contributed by atoms with Gasteiger partial charge >= 0.3 is 0 Å². The van der Waals surface area contributed by atoms with Crippen LogP contribution < -0.4 is 5.73 Å². The van der Waals surface area contributed by atoms with E-state index in [9.17, 15) is 4.79 Å². The predicted molar refractivity (Wildman–Crippen MR) is 87.3 cm³/mol. The molecule has 2 N–H and O–H groups in total. The summed E-state index contributed by atoms with van der Waals surface area (Å²) in [5.41, 5.74) is 11.7. The fourth-order valence-corrected chi connectivity index (χ4v) is 2.44. The minimum atomic E-state index is -0.000208. The third kappa shape index (κ3) is 3.24. The molecule has 0 unspecified atom stereocenters. The number of carbonyl (C=O) groups is 1. The van der Waals surface area contributed by atoms with Crippen molar-refractivity contribution in [1.82, 2.24) is 4.90 Å². The summed E-state index contributed by atoms with van der Waals surface area (Å²) in [6, 6.07) is 11.8. The SMILES string of the molecule is Cc1ccc(CN(C)C(=O)c2cccc(N)c2C)c(C)c1. The van der Waals surface area contributed by atoms with Gasteiger partial charge in [0.15, 0.2) is 0 Å². The first-order chi connectivity index (χ1) is 9.90. The maximum absolute atomic E-state index is 12.6. The number of anilines is 1. The molecule has 0 bridgehead atoms. The first kappa shape index (κ1) is 15.1. The van der Waals surface area contributed by atoms with Crippen molar-refractivity contribution in [1.29, 1.82) is 0 Å². The highest BCUT2D eigenvalue weighted by Gasteiger charge is 2.16. The fraction of sp³-hybridized carbons (Fsp3) is 0.278. The molecule has 0 aromatic heterocycles. The van der Waals surface area contributed by atoms with Gasteiger partial charge in [0.05, 0.1) is 0 Å². The number of aryl methyl sites for hydroxylation is 2. The van der Waals surface area contributed by atoms with Crippen molar-refractivity contribution in [3.05, 3.63) is 64.2 Å². The van der Waals surface area contributed by atoms with E-state index in [-0.39, 0.29) is 5.91 Å². The Bertz CT molecular complexity index is 677. The van der Waals surface area contributed by atoms with Crippen LogP contribution in [0.2, 0.25) is 0 Å². The summed E-state index contributed by atoms with van der Waals surface area (Å²) in [5, 5.41) is 0. The van der Waals surface area contributed by atoms with Crippen molar-refractivity contribution in [3.63, 3.8) is 0 Å². The van der Waals surface area contributed by atoms with Crippen LogP contribution in [0, 0.1) is 20.8 Å². The van der Waals surface area contributed by atoms with Crippen LogP contribution >= 0.6 is 0 Å². The molecule has 0 spiro atoms. The summed E-state index contributed by atoms with van der Waals surface area (Å²) < 4.78 is 0. The van der Waals surface area contributed by atoms with Crippen molar-refractivity contribution < 1.29 is 4.79 Å². The quantitative estimate of drug-likeness (QED) is 0.876. The number of benzene rings is 2. The average Bonchev–Trinajstić information content (AvgIpc) is 2.44. The summed E-state index contributed by atoms with van der Waals surface area (Å²) in [6.07, 6.45) is 0. The van der Waals surface area contributed by atoms with Crippen LogP contribution in [-0.4, -0.2) is 17.9 Å². The Labute approximate surface area is 126 Å². The van der Waals surface area contributed by atoms with E-state index < -0.39 is 0 Å². The molecule has 2 aromatic carbocycles. The van der Waals surface area contributed by atoms with Gasteiger partial charge in [0.25, 0.3) is 5.91 Å². The van der Waals surface area contributed by atoms with Gasteiger partial charge < -0.3 is 10.6 Å². The molecule has 0 saturated carbocycles. The number of rotatable bonds is 3. The first-order valence-electron chi connectivity index (χ1n) is 7.07. The Morgan fingerprint density at radius 1 is 1.14 bits per heavy atom. The monoisotopic (exact) mass is 282 g/mol. The van der Waals surface area contributed by atoms with Crippen LogP contribution in [-0.2, 0) is 6.54 Å². The molecule has 2 aromatic rings. The molecule has 1 amide bonds. The van der Waals surface area contributed by atoms with E-state index in [1.165, 1.54) is 11.1 Å². The smallest absolute Gasteiger partial charge is 0.254 e.